The van der Waals surface area contributed by atoms with E-state index < -0.39 is 23.1 Å². The first-order valence-corrected chi connectivity index (χ1v) is 22.5. The average Bonchev–Trinajstić information content (AvgIpc) is 3.19. The van der Waals surface area contributed by atoms with Crippen molar-refractivity contribution in [2.24, 2.45) is 23.7 Å². The third kappa shape index (κ3) is 14.6. The van der Waals surface area contributed by atoms with Crippen LogP contribution in [0, 0.1) is 37.5 Å². The molecular formula is C54H74N2O4. The Morgan fingerprint density at radius 1 is 0.467 bits per heavy atom. The molecule has 0 aliphatic carbocycles. The highest BCUT2D eigenvalue weighted by Gasteiger charge is 2.40. The minimum absolute atomic E-state index is 0.540. The summed E-state index contributed by atoms with van der Waals surface area (Å²) in [4.78, 5) is 33.4. The Morgan fingerprint density at radius 2 is 0.750 bits per heavy atom. The van der Waals surface area contributed by atoms with Crippen LogP contribution in [0.4, 0.5) is 0 Å². The predicted octanol–water partition coefficient (Wildman–Crippen LogP) is 11.9. The number of carbonyl (C=O) groups is 2. The number of benzene rings is 4. The lowest BCUT2D eigenvalue weighted by molar-refractivity contribution is -0.154. The summed E-state index contributed by atoms with van der Waals surface area (Å²) in [6.07, 6.45) is 5.26. The second-order valence-corrected chi connectivity index (χ2v) is 18.6. The fourth-order valence-corrected chi connectivity index (χ4v) is 8.54. The van der Waals surface area contributed by atoms with Gasteiger partial charge in [-0.3, -0.25) is 0 Å². The second-order valence-electron chi connectivity index (χ2n) is 18.6. The lowest BCUT2D eigenvalue weighted by atomic mass is 9.81. The summed E-state index contributed by atoms with van der Waals surface area (Å²) in [6, 6.07) is 36.6. The minimum atomic E-state index is -1.07. The van der Waals surface area contributed by atoms with Crippen molar-refractivity contribution >= 4 is 11.9 Å². The van der Waals surface area contributed by atoms with Gasteiger partial charge in [0.1, 0.15) is 0 Å². The molecule has 4 aromatic rings. The molecule has 0 bridgehead atoms. The standard InChI is InChI=1S/C54H74N2O4/c1-41(2)37-55(38-42(3)4)35-17-33-53(47-19-13-11-14-20-47,49-27-23-45(9)24-28-49)59-51(57)31-32-52(58)60-54(48-21-15-12-16-22-48,50-29-25-46(10)26-30-50)34-18-36-56(39-43(5)6)40-44(7)8/h11-16,19-32,41-44H,17-18,33-40H2,1-10H3/b32-31-. The third-order valence-corrected chi connectivity index (χ3v) is 10.9. The molecule has 0 N–H and O–H groups in total. The summed E-state index contributed by atoms with van der Waals surface area (Å²) in [6.45, 7) is 28.0. The molecule has 0 radical (unpaired) electrons. The zero-order valence-electron chi connectivity index (χ0n) is 38.5. The van der Waals surface area contributed by atoms with E-state index in [1.54, 1.807) is 0 Å². The van der Waals surface area contributed by atoms with Gasteiger partial charge in [0, 0.05) is 60.6 Å². The number of hydrogen-bond donors (Lipinski definition) is 0. The van der Waals surface area contributed by atoms with Gasteiger partial charge in [-0.15, -0.1) is 0 Å². The van der Waals surface area contributed by atoms with Gasteiger partial charge in [0.15, 0.2) is 11.2 Å². The monoisotopic (exact) mass is 815 g/mol. The van der Waals surface area contributed by atoms with E-state index in [-0.39, 0.29) is 0 Å². The molecule has 324 valence electrons. The SMILES string of the molecule is Cc1ccc(C(CCCN(CC(C)C)CC(C)C)(OC(=O)/C=C\C(=O)OC(CCCN(CC(C)C)CC(C)C)(c2ccccc2)c2ccc(C)cc2)c2ccccc2)cc1. The van der Waals surface area contributed by atoms with Crippen LogP contribution in [0.5, 0.6) is 0 Å². The molecule has 4 aromatic carbocycles. The molecule has 2 atom stereocenters. The minimum Gasteiger partial charge on any atom is -0.446 e. The maximum absolute atomic E-state index is 14.2. The van der Waals surface area contributed by atoms with Crippen LogP contribution in [-0.2, 0) is 30.3 Å². The number of aryl methyl sites for hydroxylation is 2. The molecule has 0 heterocycles. The van der Waals surface area contributed by atoms with Crippen LogP contribution in [0.2, 0.25) is 0 Å². The highest BCUT2D eigenvalue weighted by molar-refractivity contribution is 5.92. The summed E-state index contributed by atoms with van der Waals surface area (Å²) in [5, 5.41) is 0. The van der Waals surface area contributed by atoms with E-state index in [4.69, 9.17) is 9.47 Å². The second kappa shape index (κ2) is 23.5. The first-order chi connectivity index (χ1) is 28.6. The Balaban J connectivity index is 1.68. The molecule has 0 spiro atoms. The maximum atomic E-state index is 14.2. The lowest BCUT2D eigenvalue weighted by Gasteiger charge is -2.36. The van der Waals surface area contributed by atoms with E-state index in [1.807, 2.05) is 60.7 Å². The van der Waals surface area contributed by atoms with Gasteiger partial charge in [-0.05, 0) is 76.3 Å². The first kappa shape index (κ1) is 48.1. The Hall–Kier alpha value is -4.52. The Morgan fingerprint density at radius 3 is 1.03 bits per heavy atom. The summed E-state index contributed by atoms with van der Waals surface area (Å²) in [5.74, 6) is 0.960. The Kier molecular flexibility index (Phi) is 18.8. The van der Waals surface area contributed by atoms with Crippen molar-refractivity contribution < 1.29 is 19.1 Å². The molecule has 0 amide bonds. The van der Waals surface area contributed by atoms with Crippen LogP contribution in [0.25, 0.3) is 0 Å². The van der Waals surface area contributed by atoms with E-state index in [9.17, 15) is 9.59 Å². The third-order valence-electron chi connectivity index (χ3n) is 10.9. The zero-order valence-corrected chi connectivity index (χ0v) is 38.5. The van der Waals surface area contributed by atoms with Crippen molar-refractivity contribution in [3.05, 3.63) is 155 Å². The molecule has 0 aliphatic rings. The number of ether oxygens (including phenoxy) is 2. The molecule has 0 fully saturated rings. The molecule has 0 aromatic heterocycles. The molecule has 4 rings (SSSR count). The van der Waals surface area contributed by atoms with Crippen molar-refractivity contribution in [3.63, 3.8) is 0 Å². The van der Waals surface area contributed by atoms with E-state index in [2.05, 4.69) is 128 Å². The first-order valence-electron chi connectivity index (χ1n) is 22.5. The highest BCUT2D eigenvalue weighted by atomic mass is 16.6. The smallest absolute Gasteiger partial charge is 0.332 e. The van der Waals surface area contributed by atoms with Gasteiger partial charge in [-0.25, -0.2) is 9.59 Å². The fraction of sp³-hybridized carbons (Fsp3) is 0.481. The van der Waals surface area contributed by atoms with E-state index in [0.717, 1.165) is 85.5 Å². The van der Waals surface area contributed by atoms with E-state index in [1.165, 1.54) is 12.2 Å². The quantitative estimate of drug-likeness (QED) is 0.0519. The van der Waals surface area contributed by atoms with Crippen LogP contribution in [-0.4, -0.2) is 61.0 Å². The summed E-state index contributed by atoms with van der Waals surface area (Å²) < 4.78 is 13.3. The summed E-state index contributed by atoms with van der Waals surface area (Å²) in [7, 11) is 0. The van der Waals surface area contributed by atoms with Crippen LogP contribution in [0.3, 0.4) is 0 Å². The largest absolute Gasteiger partial charge is 0.446 e. The molecule has 6 nitrogen and oxygen atoms in total. The van der Waals surface area contributed by atoms with Gasteiger partial charge in [0.05, 0.1) is 0 Å². The maximum Gasteiger partial charge on any atom is 0.332 e. The number of esters is 2. The zero-order chi connectivity index (χ0) is 43.7. The topological polar surface area (TPSA) is 59.1 Å². The van der Waals surface area contributed by atoms with E-state index in [0.29, 0.717) is 36.5 Å². The molecular weight excluding hydrogens is 741 g/mol. The fourth-order valence-electron chi connectivity index (χ4n) is 8.54. The van der Waals surface area contributed by atoms with Crippen molar-refractivity contribution in [3.8, 4) is 0 Å². The van der Waals surface area contributed by atoms with Crippen LogP contribution < -0.4 is 0 Å². The highest BCUT2D eigenvalue weighted by Crippen LogP contribution is 2.40. The van der Waals surface area contributed by atoms with Crippen molar-refractivity contribution in [2.75, 3.05) is 39.3 Å². The van der Waals surface area contributed by atoms with Crippen molar-refractivity contribution in [2.45, 2.75) is 106 Å². The molecule has 6 heteroatoms. The molecule has 2 unspecified atom stereocenters. The summed E-state index contributed by atoms with van der Waals surface area (Å²) >= 11 is 0. The van der Waals surface area contributed by atoms with Gasteiger partial charge in [0.2, 0.25) is 0 Å². The van der Waals surface area contributed by atoms with Gasteiger partial charge in [-0.2, -0.15) is 0 Å². The molecule has 0 aliphatic heterocycles. The van der Waals surface area contributed by atoms with Gasteiger partial charge in [0.25, 0.3) is 0 Å². The normalized spacial score (nSPS) is 14.1. The number of hydrogen-bond acceptors (Lipinski definition) is 6. The van der Waals surface area contributed by atoms with Gasteiger partial charge < -0.3 is 19.3 Å². The molecule has 0 saturated carbocycles. The van der Waals surface area contributed by atoms with Crippen molar-refractivity contribution in [1.82, 2.24) is 9.80 Å². The van der Waals surface area contributed by atoms with Gasteiger partial charge >= 0.3 is 11.9 Å². The predicted molar refractivity (Wildman–Crippen MR) is 249 cm³/mol. The van der Waals surface area contributed by atoms with Gasteiger partial charge in [-0.1, -0.05) is 176 Å². The number of rotatable bonds is 24. The van der Waals surface area contributed by atoms with Crippen LogP contribution >= 0.6 is 0 Å². The van der Waals surface area contributed by atoms with Crippen LogP contribution in [0.1, 0.15) is 114 Å². The Bertz CT molecular complexity index is 1730. The molecule has 60 heavy (non-hydrogen) atoms. The molecule has 0 saturated heterocycles. The average molecular weight is 815 g/mol. The lowest BCUT2D eigenvalue weighted by Crippen LogP contribution is -2.37. The number of nitrogens with zero attached hydrogens (tertiary/aromatic N) is 2. The summed E-state index contributed by atoms with van der Waals surface area (Å²) in [5.41, 5.74) is 3.68. The van der Waals surface area contributed by atoms with E-state index >= 15 is 0 Å². The van der Waals surface area contributed by atoms with Crippen molar-refractivity contribution in [1.29, 1.82) is 0 Å². The van der Waals surface area contributed by atoms with Crippen LogP contribution in [0.15, 0.2) is 121 Å². The number of carbonyl (C=O) groups excluding carboxylic acids is 2. The Labute approximate surface area is 363 Å².